The smallest absolute Gasteiger partial charge is 0.0346 e. The molecule has 2 aromatic carbocycles. The SMILES string of the molecule is Cc1ccc(CN2CC3CCC2C3Cc2cccc3cnccc23)cc1. The van der Waals surface area contributed by atoms with Crippen LogP contribution in [0.3, 0.4) is 0 Å². The van der Waals surface area contributed by atoms with Crippen molar-refractivity contribution in [1.29, 1.82) is 0 Å². The molecule has 2 heterocycles. The van der Waals surface area contributed by atoms with E-state index in [1.54, 1.807) is 0 Å². The van der Waals surface area contributed by atoms with Gasteiger partial charge in [-0.05, 0) is 60.6 Å². The van der Waals surface area contributed by atoms with Crippen LogP contribution in [0.4, 0.5) is 0 Å². The van der Waals surface area contributed by atoms with Crippen molar-refractivity contribution >= 4 is 10.8 Å². The summed E-state index contributed by atoms with van der Waals surface area (Å²) in [6.45, 7) is 4.55. The van der Waals surface area contributed by atoms with E-state index in [2.05, 4.69) is 65.3 Å². The van der Waals surface area contributed by atoms with Crippen molar-refractivity contribution in [2.24, 2.45) is 11.8 Å². The highest BCUT2D eigenvalue weighted by atomic mass is 15.2. The molecule has 2 nitrogen and oxygen atoms in total. The van der Waals surface area contributed by atoms with E-state index in [1.807, 2.05) is 12.4 Å². The van der Waals surface area contributed by atoms with Crippen molar-refractivity contribution in [2.45, 2.75) is 38.8 Å². The van der Waals surface area contributed by atoms with Crippen LogP contribution in [0.5, 0.6) is 0 Å². The number of hydrogen-bond donors (Lipinski definition) is 0. The van der Waals surface area contributed by atoms with Crippen LogP contribution in [0, 0.1) is 18.8 Å². The van der Waals surface area contributed by atoms with E-state index >= 15 is 0 Å². The molecule has 1 saturated heterocycles. The standard InChI is InChI=1S/C24H26N2/c1-17-5-7-18(8-6-17)15-26-16-21-9-10-24(26)23(21)13-19-3-2-4-20-14-25-12-11-22(19)20/h2-8,11-12,14,21,23-24H,9-10,13,15-16H2,1H3. The fourth-order valence-electron chi connectivity index (χ4n) is 5.28. The summed E-state index contributed by atoms with van der Waals surface area (Å²) in [5.74, 6) is 1.67. The Morgan fingerprint density at radius 1 is 1.04 bits per heavy atom. The predicted molar refractivity (Wildman–Crippen MR) is 107 cm³/mol. The van der Waals surface area contributed by atoms with Crippen molar-refractivity contribution in [2.75, 3.05) is 6.54 Å². The Balaban J connectivity index is 1.36. The molecular weight excluding hydrogens is 316 g/mol. The molecule has 2 bridgehead atoms. The van der Waals surface area contributed by atoms with Gasteiger partial charge in [-0.2, -0.15) is 0 Å². The van der Waals surface area contributed by atoms with Crippen molar-refractivity contribution in [3.8, 4) is 0 Å². The first kappa shape index (κ1) is 16.0. The lowest BCUT2D eigenvalue weighted by Crippen LogP contribution is -2.33. The highest BCUT2D eigenvalue weighted by molar-refractivity contribution is 5.84. The van der Waals surface area contributed by atoms with Crippen LogP contribution in [0.1, 0.15) is 29.5 Å². The molecule has 2 heteroatoms. The summed E-state index contributed by atoms with van der Waals surface area (Å²) in [6.07, 6.45) is 7.91. The van der Waals surface area contributed by atoms with Crippen LogP contribution >= 0.6 is 0 Å². The first-order chi connectivity index (χ1) is 12.8. The summed E-state index contributed by atoms with van der Waals surface area (Å²) in [4.78, 5) is 7.03. The second kappa shape index (κ2) is 6.51. The van der Waals surface area contributed by atoms with Gasteiger partial charge in [0.15, 0.2) is 0 Å². The number of piperidine rings is 1. The Kier molecular flexibility index (Phi) is 4.01. The molecule has 1 aromatic heterocycles. The normalized spacial score (nSPS) is 25.2. The third-order valence-electron chi connectivity index (χ3n) is 6.60. The van der Waals surface area contributed by atoms with Gasteiger partial charge in [-0.3, -0.25) is 9.88 Å². The summed E-state index contributed by atoms with van der Waals surface area (Å²) in [6, 6.07) is 18.7. The molecule has 0 amide bonds. The van der Waals surface area contributed by atoms with E-state index in [0.29, 0.717) is 0 Å². The van der Waals surface area contributed by atoms with Crippen molar-refractivity contribution in [1.82, 2.24) is 9.88 Å². The fourth-order valence-corrected chi connectivity index (χ4v) is 5.28. The number of benzene rings is 2. The van der Waals surface area contributed by atoms with Gasteiger partial charge in [0, 0.05) is 36.9 Å². The van der Waals surface area contributed by atoms with E-state index in [4.69, 9.17) is 0 Å². The molecule has 3 unspecified atom stereocenters. The average Bonchev–Trinajstić information content (AvgIpc) is 3.20. The number of hydrogen-bond acceptors (Lipinski definition) is 2. The maximum Gasteiger partial charge on any atom is 0.0346 e. The molecule has 0 N–H and O–H groups in total. The van der Waals surface area contributed by atoms with Crippen LogP contribution in [-0.4, -0.2) is 22.5 Å². The minimum atomic E-state index is 0.749. The Hall–Kier alpha value is -2.19. The maximum atomic E-state index is 4.28. The van der Waals surface area contributed by atoms with E-state index in [0.717, 1.165) is 24.4 Å². The number of nitrogens with zero attached hydrogens (tertiary/aromatic N) is 2. The van der Waals surface area contributed by atoms with E-state index < -0.39 is 0 Å². The molecule has 26 heavy (non-hydrogen) atoms. The highest BCUT2D eigenvalue weighted by Crippen LogP contribution is 2.45. The highest BCUT2D eigenvalue weighted by Gasteiger charge is 2.46. The third-order valence-corrected chi connectivity index (χ3v) is 6.60. The molecule has 2 aliphatic rings. The summed E-state index contributed by atoms with van der Waals surface area (Å²) < 4.78 is 0. The van der Waals surface area contributed by atoms with E-state index in [9.17, 15) is 0 Å². The van der Waals surface area contributed by atoms with Gasteiger partial charge in [0.05, 0.1) is 0 Å². The molecule has 3 aromatic rings. The molecule has 0 radical (unpaired) electrons. The molecule has 0 spiro atoms. The summed E-state index contributed by atoms with van der Waals surface area (Å²) in [5, 5.41) is 2.66. The van der Waals surface area contributed by atoms with E-state index in [1.165, 1.54) is 53.3 Å². The summed E-state index contributed by atoms with van der Waals surface area (Å²) >= 11 is 0. The number of likely N-dealkylation sites (tertiary alicyclic amines) is 1. The fraction of sp³-hybridized carbons (Fsp3) is 0.375. The third kappa shape index (κ3) is 2.83. The second-order valence-corrected chi connectivity index (χ2v) is 8.20. The zero-order chi connectivity index (χ0) is 17.5. The number of fused-ring (bicyclic) bond motifs is 3. The zero-order valence-corrected chi connectivity index (χ0v) is 15.4. The summed E-state index contributed by atoms with van der Waals surface area (Å²) in [5.41, 5.74) is 4.31. The van der Waals surface area contributed by atoms with Crippen molar-refractivity contribution in [3.05, 3.63) is 77.6 Å². The van der Waals surface area contributed by atoms with Crippen LogP contribution in [0.25, 0.3) is 10.8 Å². The van der Waals surface area contributed by atoms with Gasteiger partial charge in [-0.1, -0.05) is 48.0 Å². The van der Waals surface area contributed by atoms with Crippen LogP contribution in [0.2, 0.25) is 0 Å². The lowest BCUT2D eigenvalue weighted by atomic mass is 9.89. The van der Waals surface area contributed by atoms with Gasteiger partial charge < -0.3 is 0 Å². The van der Waals surface area contributed by atoms with Crippen molar-refractivity contribution < 1.29 is 0 Å². The number of aryl methyl sites for hydroxylation is 1. The molecule has 1 aliphatic carbocycles. The Labute approximate surface area is 155 Å². The summed E-state index contributed by atoms with van der Waals surface area (Å²) in [7, 11) is 0. The van der Waals surface area contributed by atoms with Gasteiger partial charge in [0.1, 0.15) is 0 Å². The topological polar surface area (TPSA) is 16.1 Å². The number of rotatable bonds is 4. The van der Waals surface area contributed by atoms with Gasteiger partial charge in [-0.15, -0.1) is 0 Å². The van der Waals surface area contributed by atoms with E-state index in [-0.39, 0.29) is 0 Å². The lowest BCUT2D eigenvalue weighted by Gasteiger charge is -2.27. The Bertz CT molecular complexity index is 910. The Morgan fingerprint density at radius 3 is 2.81 bits per heavy atom. The molecule has 5 rings (SSSR count). The van der Waals surface area contributed by atoms with Gasteiger partial charge >= 0.3 is 0 Å². The second-order valence-electron chi connectivity index (χ2n) is 8.20. The molecule has 2 fully saturated rings. The average molecular weight is 342 g/mol. The van der Waals surface area contributed by atoms with Crippen LogP contribution < -0.4 is 0 Å². The minimum Gasteiger partial charge on any atom is -0.296 e. The van der Waals surface area contributed by atoms with Gasteiger partial charge in [-0.25, -0.2) is 0 Å². The Morgan fingerprint density at radius 2 is 1.92 bits per heavy atom. The zero-order valence-electron chi connectivity index (χ0n) is 15.4. The van der Waals surface area contributed by atoms with Gasteiger partial charge in [0.25, 0.3) is 0 Å². The molecule has 1 saturated carbocycles. The number of pyridine rings is 1. The van der Waals surface area contributed by atoms with Crippen LogP contribution in [0.15, 0.2) is 60.9 Å². The lowest BCUT2D eigenvalue weighted by molar-refractivity contribution is 0.197. The number of aromatic nitrogens is 1. The monoisotopic (exact) mass is 342 g/mol. The maximum absolute atomic E-state index is 4.28. The first-order valence-electron chi connectivity index (χ1n) is 9.89. The molecular formula is C24H26N2. The minimum absolute atomic E-state index is 0.749. The van der Waals surface area contributed by atoms with Crippen molar-refractivity contribution in [3.63, 3.8) is 0 Å². The predicted octanol–water partition coefficient (Wildman–Crippen LogP) is 5.00. The quantitative estimate of drug-likeness (QED) is 0.663. The van der Waals surface area contributed by atoms with Crippen LogP contribution in [-0.2, 0) is 13.0 Å². The van der Waals surface area contributed by atoms with Gasteiger partial charge in [0.2, 0.25) is 0 Å². The largest absolute Gasteiger partial charge is 0.296 e. The molecule has 132 valence electrons. The molecule has 1 aliphatic heterocycles. The first-order valence-corrected chi connectivity index (χ1v) is 9.89. The molecule has 3 atom stereocenters.